The van der Waals surface area contributed by atoms with Gasteiger partial charge in [-0.1, -0.05) is 11.6 Å². The molecule has 8 nitrogen and oxygen atoms in total. The zero-order chi connectivity index (χ0) is 20.0. The van der Waals surface area contributed by atoms with Crippen molar-refractivity contribution in [1.29, 1.82) is 0 Å². The van der Waals surface area contributed by atoms with Gasteiger partial charge >= 0.3 is 0 Å². The average Bonchev–Trinajstić information content (AvgIpc) is 2.69. The molecule has 0 bridgehead atoms. The number of aromatic nitrogens is 3. The first-order valence-electron chi connectivity index (χ1n) is 8.96. The molecule has 0 aliphatic carbocycles. The summed E-state index contributed by atoms with van der Waals surface area (Å²) >= 11 is 5.80. The van der Waals surface area contributed by atoms with Gasteiger partial charge in [-0.2, -0.15) is 0 Å². The molecule has 0 atom stereocenters. The lowest BCUT2D eigenvalue weighted by Crippen LogP contribution is -2.43. The van der Waals surface area contributed by atoms with E-state index in [4.69, 9.17) is 16.3 Å². The van der Waals surface area contributed by atoms with Gasteiger partial charge in [-0.25, -0.2) is 27.7 Å². The number of nitrogens with zero attached hydrogens (tertiary/aromatic N) is 4. The van der Waals surface area contributed by atoms with Gasteiger partial charge < -0.3 is 4.74 Å². The molecule has 0 amide bonds. The van der Waals surface area contributed by atoms with Crippen molar-refractivity contribution in [3.05, 3.63) is 47.6 Å². The van der Waals surface area contributed by atoms with Gasteiger partial charge in [0.15, 0.2) is 0 Å². The van der Waals surface area contributed by atoms with Crippen LogP contribution in [0.1, 0.15) is 25.1 Å². The van der Waals surface area contributed by atoms with Gasteiger partial charge in [0.05, 0.1) is 5.02 Å². The number of hydrogen-bond donors (Lipinski definition) is 0. The van der Waals surface area contributed by atoms with Gasteiger partial charge in [0.1, 0.15) is 23.5 Å². The Morgan fingerprint density at radius 2 is 1.89 bits per heavy atom. The Morgan fingerprint density at radius 3 is 2.54 bits per heavy atom. The van der Waals surface area contributed by atoms with E-state index < -0.39 is 15.8 Å². The molecule has 3 heterocycles. The van der Waals surface area contributed by atoms with E-state index in [9.17, 15) is 13.2 Å². The topological polar surface area (TPSA) is 102 Å². The fourth-order valence-electron chi connectivity index (χ4n) is 2.91. The van der Waals surface area contributed by atoms with Crippen LogP contribution in [-0.2, 0) is 21.2 Å². The highest BCUT2D eigenvalue weighted by Gasteiger charge is 2.30. The Balaban J connectivity index is 1.45. The monoisotopic (exact) mass is 424 g/mol. The van der Waals surface area contributed by atoms with Crippen LogP contribution in [0.3, 0.4) is 0 Å². The normalized spacial score (nSPS) is 16.0. The molecule has 0 saturated carbocycles. The summed E-state index contributed by atoms with van der Waals surface area (Å²) in [6.07, 6.45) is 6.08. The summed E-state index contributed by atoms with van der Waals surface area (Å²) in [6.45, 7) is 0.630. The fraction of sp³-hybridized carbons (Fsp3) is 0.444. The van der Waals surface area contributed by atoms with Crippen LogP contribution >= 0.6 is 11.6 Å². The minimum absolute atomic E-state index is 0.102. The Labute approximate surface area is 169 Å². The number of pyridine rings is 1. The third-order valence-corrected chi connectivity index (χ3v) is 6.43. The molecule has 0 N–H and O–H groups in total. The summed E-state index contributed by atoms with van der Waals surface area (Å²) < 4.78 is 32.2. The number of halogens is 1. The Morgan fingerprint density at radius 1 is 1.18 bits per heavy atom. The van der Waals surface area contributed by atoms with Crippen molar-refractivity contribution in [3.8, 4) is 5.88 Å². The molecule has 0 spiro atoms. The minimum atomic E-state index is -3.63. The summed E-state index contributed by atoms with van der Waals surface area (Å²) in [5, 5.41) is 0.525. The second-order valence-electron chi connectivity index (χ2n) is 6.49. The van der Waals surface area contributed by atoms with Crippen LogP contribution in [0.4, 0.5) is 0 Å². The van der Waals surface area contributed by atoms with E-state index in [-0.39, 0.29) is 18.3 Å². The number of Topliss-reactive ketones (excluding diaryl/α,β-unsaturated/α-hetero) is 1. The van der Waals surface area contributed by atoms with Crippen LogP contribution < -0.4 is 4.74 Å². The lowest BCUT2D eigenvalue weighted by Gasteiger charge is -2.31. The molecule has 1 aliphatic rings. The lowest BCUT2D eigenvalue weighted by molar-refractivity contribution is -0.116. The van der Waals surface area contributed by atoms with Gasteiger partial charge in [-0.3, -0.25) is 4.79 Å². The fourth-order valence-corrected chi connectivity index (χ4v) is 4.52. The van der Waals surface area contributed by atoms with Gasteiger partial charge in [0.25, 0.3) is 0 Å². The third kappa shape index (κ3) is 5.95. The first-order chi connectivity index (χ1) is 13.4. The zero-order valence-electron chi connectivity index (χ0n) is 15.2. The van der Waals surface area contributed by atoms with Crippen molar-refractivity contribution >= 4 is 27.4 Å². The quantitative estimate of drug-likeness (QED) is 0.637. The summed E-state index contributed by atoms with van der Waals surface area (Å²) in [4.78, 5) is 24.3. The van der Waals surface area contributed by atoms with E-state index in [1.165, 1.54) is 10.5 Å². The molecule has 0 radical (unpaired) electrons. The predicted octanol–water partition coefficient (Wildman–Crippen LogP) is 1.90. The highest BCUT2D eigenvalue weighted by Crippen LogP contribution is 2.20. The Bertz CT molecular complexity index is 886. The van der Waals surface area contributed by atoms with Crippen LogP contribution in [-0.4, -0.2) is 58.4 Å². The standard InChI is InChI=1S/C18H21ClN4O4S/c19-14-2-5-18(22-12-14)27-16-6-10-23(11-7-16)28(25,26)13-15(24)3-4-17-20-8-1-9-21-17/h1-2,5,8-9,12,16H,3-4,6-7,10-11,13H2. The molecule has 1 saturated heterocycles. The Kier molecular flexibility index (Phi) is 6.93. The maximum atomic E-state index is 12.5. The van der Waals surface area contributed by atoms with Crippen LogP contribution in [0.2, 0.25) is 5.02 Å². The number of ether oxygens (including phenoxy) is 1. The van der Waals surface area contributed by atoms with Crippen molar-refractivity contribution in [2.24, 2.45) is 0 Å². The van der Waals surface area contributed by atoms with Gasteiger partial charge in [0.2, 0.25) is 15.9 Å². The molecule has 0 aromatic carbocycles. The first kappa shape index (κ1) is 20.6. The molecule has 1 aliphatic heterocycles. The number of carbonyl (C=O) groups is 1. The van der Waals surface area contributed by atoms with E-state index in [1.54, 1.807) is 30.6 Å². The van der Waals surface area contributed by atoms with Crippen molar-refractivity contribution < 1.29 is 17.9 Å². The van der Waals surface area contributed by atoms with Crippen LogP contribution in [0.25, 0.3) is 0 Å². The molecule has 2 aromatic rings. The molecule has 2 aromatic heterocycles. The average molecular weight is 425 g/mol. The number of rotatable bonds is 8. The van der Waals surface area contributed by atoms with Crippen LogP contribution in [0.15, 0.2) is 36.8 Å². The van der Waals surface area contributed by atoms with Crippen LogP contribution in [0, 0.1) is 0 Å². The molecule has 3 rings (SSSR count). The Hall–Kier alpha value is -2.10. The third-order valence-electron chi connectivity index (χ3n) is 4.37. The summed E-state index contributed by atoms with van der Waals surface area (Å²) in [5.41, 5.74) is 0. The molecule has 150 valence electrons. The number of aryl methyl sites for hydroxylation is 1. The number of ketones is 1. The van der Waals surface area contributed by atoms with E-state index in [1.807, 2.05) is 0 Å². The van der Waals surface area contributed by atoms with E-state index in [2.05, 4.69) is 15.0 Å². The molecule has 0 unspecified atom stereocenters. The SMILES string of the molecule is O=C(CCc1ncccn1)CS(=O)(=O)N1CCC(Oc2ccc(Cl)cn2)CC1. The highest BCUT2D eigenvalue weighted by molar-refractivity contribution is 7.89. The number of carbonyl (C=O) groups excluding carboxylic acids is 1. The maximum Gasteiger partial charge on any atom is 0.221 e. The lowest BCUT2D eigenvalue weighted by atomic mass is 10.1. The van der Waals surface area contributed by atoms with Gasteiger partial charge in [-0.15, -0.1) is 0 Å². The van der Waals surface area contributed by atoms with Gasteiger partial charge in [0, 0.05) is 50.6 Å². The molecule has 1 fully saturated rings. The maximum absolute atomic E-state index is 12.5. The van der Waals surface area contributed by atoms with Gasteiger partial charge in [-0.05, 0) is 25.0 Å². The number of sulfonamides is 1. The summed E-state index contributed by atoms with van der Waals surface area (Å²) in [6, 6.07) is 5.06. The van der Waals surface area contributed by atoms with Crippen molar-refractivity contribution in [1.82, 2.24) is 19.3 Å². The second-order valence-corrected chi connectivity index (χ2v) is 8.90. The second kappa shape index (κ2) is 9.40. The highest BCUT2D eigenvalue weighted by atomic mass is 35.5. The number of piperidine rings is 1. The zero-order valence-corrected chi connectivity index (χ0v) is 16.8. The molecule has 28 heavy (non-hydrogen) atoms. The summed E-state index contributed by atoms with van der Waals surface area (Å²) in [7, 11) is -3.63. The largest absolute Gasteiger partial charge is 0.474 e. The van der Waals surface area contributed by atoms with E-state index in [0.717, 1.165) is 0 Å². The molecule has 10 heteroatoms. The number of hydrogen-bond acceptors (Lipinski definition) is 7. The van der Waals surface area contributed by atoms with Crippen molar-refractivity contribution in [2.45, 2.75) is 31.8 Å². The summed E-state index contributed by atoms with van der Waals surface area (Å²) in [5.74, 6) is 0.159. The molecular formula is C18H21ClN4O4S. The van der Waals surface area contributed by atoms with Crippen LogP contribution in [0.5, 0.6) is 5.88 Å². The smallest absolute Gasteiger partial charge is 0.221 e. The van der Waals surface area contributed by atoms with E-state index in [0.29, 0.717) is 49.1 Å². The molecular weight excluding hydrogens is 404 g/mol. The van der Waals surface area contributed by atoms with E-state index >= 15 is 0 Å². The van der Waals surface area contributed by atoms with Crippen molar-refractivity contribution in [2.75, 3.05) is 18.8 Å². The first-order valence-corrected chi connectivity index (χ1v) is 10.9. The van der Waals surface area contributed by atoms with Crippen molar-refractivity contribution in [3.63, 3.8) is 0 Å². The predicted molar refractivity (Wildman–Crippen MR) is 104 cm³/mol. The minimum Gasteiger partial charge on any atom is -0.474 e.